The number of hydrogen-bond donors (Lipinski definition) is 1. The number of para-hydroxylation sites is 2. The molecule has 8 heteroatoms. The van der Waals surface area contributed by atoms with Crippen LogP contribution in [0.4, 0.5) is 11.5 Å². The molecule has 0 fully saturated rings. The number of ether oxygens (including phenoxy) is 2. The van der Waals surface area contributed by atoms with E-state index in [0.717, 1.165) is 5.69 Å². The van der Waals surface area contributed by atoms with Crippen LogP contribution in [0, 0.1) is 0 Å². The number of carbonyl (C=O) groups is 1. The molecule has 3 rings (SSSR count). The molecule has 2 heterocycles. The number of rotatable bonds is 6. The van der Waals surface area contributed by atoms with Gasteiger partial charge in [0.05, 0.1) is 29.9 Å². The first kappa shape index (κ1) is 17.4. The van der Waals surface area contributed by atoms with E-state index in [1.54, 1.807) is 12.3 Å². The third-order valence-corrected chi connectivity index (χ3v) is 4.38. The van der Waals surface area contributed by atoms with Gasteiger partial charge in [-0.3, -0.25) is 0 Å². The normalized spacial score (nSPS) is 10.7. The maximum Gasteiger partial charge on any atom is 0.339 e. The molecule has 0 saturated carbocycles. The van der Waals surface area contributed by atoms with Crippen LogP contribution in [0.25, 0.3) is 10.2 Å². The van der Waals surface area contributed by atoms with E-state index < -0.39 is 5.97 Å². The standard InChI is InChI=1S/C17H16ClN3O3S/c1-3-23-12-8-6-5-7-11(12)19-14-13-10(16(22)24-4-2)9-25-15(13)21-17(18)20-14/h5-9H,3-4H2,1-2H3,(H,19,20,21). The predicted octanol–water partition coefficient (Wildman–Crippen LogP) is 4.66. The van der Waals surface area contributed by atoms with Gasteiger partial charge < -0.3 is 14.8 Å². The van der Waals surface area contributed by atoms with Crippen LogP contribution in [0.1, 0.15) is 24.2 Å². The van der Waals surface area contributed by atoms with Crippen LogP contribution in [0.3, 0.4) is 0 Å². The quantitative estimate of drug-likeness (QED) is 0.497. The van der Waals surface area contributed by atoms with Gasteiger partial charge in [0.15, 0.2) is 0 Å². The third kappa shape index (κ3) is 3.67. The zero-order valence-electron chi connectivity index (χ0n) is 13.7. The summed E-state index contributed by atoms with van der Waals surface area (Å²) < 4.78 is 10.7. The number of hydrogen-bond acceptors (Lipinski definition) is 7. The van der Waals surface area contributed by atoms with Gasteiger partial charge in [0.1, 0.15) is 16.4 Å². The Kier molecular flexibility index (Phi) is 5.35. The van der Waals surface area contributed by atoms with Gasteiger partial charge in [0.2, 0.25) is 5.28 Å². The summed E-state index contributed by atoms with van der Waals surface area (Å²) in [6.45, 7) is 4.50. The second kappa shape index (κ2) is 7.67. The van der Waals surface area contributed by atoms with Gasteiger partial charge in [-0.25, -0.2) is 9.78 Å². The van der Waals surface area contributed by atoms with Crippen LogP contribution in [0.15, 0.2) is 29.6 Å². The number of nitrogens with zero attached hydrogens (tertiary/aromatic N) is 2. The lowest BCUT2D eigenvalue weighted by molar-refractivity contribution is 0.0529. The average molecular weight is 378 g/mol. The lowest BCUT2D eigenvalue weighted by atomic mass is 10.2. The molecule has 6 nitrogen and oxygen atoms in total. The van der Waals surface area contributed by atoms with Gasteiger partial charge >= 0.3 is 5.97 Å². The zero-order chi connectivity index (χ0) is 17.8. The number of fused-ring (bicyclic) bond motifs is 1. The number of thiophene rings is 1. The van der Waals surface area contributed by atoms with Gasteiger partial charge in [-0.2, -0.15) is 4.98 Å². The number of carbonyl (C=O) groups excluding carboxylic acids is 1. The molecule has 0 aliphatic carbocycles. The Morgan fingerprint density at radius 3 is 2.80 bits per heavy atom. The highest BCUT2D eigenvalue weighted by Gasteiger charge is 2.20. The van der Waals surface area contributed by atoms with E-state index in [9.17, 15) is 4.79 Å². The summed E-state index contributed by atoms with van der Waals surface area (Å²) in [6, 6.07) is 7.48. The fourth-order valence-electron chi connectivity index (χ4n) is 2.34. The SMILES string of the molecule is CCOC(=O)c1csc2nc(Cl)nc(Nc3ccccc3OCC)c12. The molecule has 0 unspecified atom stereocenters. The van der Waals surface area contributed by atoms with Gasteiger partial charge in [0, 0.05) is 5.38 Å². The molecule has 0 aliphatic heterocycles. The molecular weight excluding hydrogens is 362 g/mol. The van der Waals surface area contributed by atoms with Crippen molar-refractivity contribution in [3.8, 4) is 5.75 Å². The predicted molar refractivity (Wildman–Crippen MR) is 99.3 cm³/mol. The molecule has 1 N–H and O–H groups in total. The summed E-state index contributed by atoms with van der Waals surface area (Å²) in [5.74, 6) is 0.702. The van der Waals surface area contributed by atoms with Crippen LogP contribution < -0.4 is 10.1 Å². The number of nitrogens with one attached hydrogen (secondary N) is 1. The van der Waals surface area contributed by atoms with Crippen molar-refractivity contribution in [1.82, 2.24) is 9.97 Å². The van der Waals surface area contributed by atoms with Crippen LogP contribution >= 0.6 is 22.9 Å². The van der Waals surface area contributed by atoms with Gasteiger partial charge in [0.25, 0.3) is 0 Å². The van der Waals surface area contributed by atoms with E-state index in [2.05, 4.69) is 15.3 Å². The van der Waals surface area contributed by atoms with Crippen molar-refractivity contribution in [2.45, 2.75) is 13.8 Å². The topological polar surface area (TPSA) is 73.3 Å². The monoisotopic (exact) mass is 377 g/mol. The molecule has 0 aliphatic rings. The summed E-state index contributed by atoms with van der Waals surface area (Å²) in [5, 5.41) is 5.59. The van der Waals surface area contributed by atoms with E-state index in [1.807, 2.05) is 31.2 Å². The Bertz CT molecular complexity index is 913. The first-order valence-electron chi connectivity index (χ1n) is 7.74. The highest BCUT2D eigenvalue weighted by atomic mass is 35.5. The molecule has 25 heavy (non-hydrogen) atoms. The molecule has 0 bridgehead atoms. The van der Waals surface area contributed by atoms with Gasteiger partial charge in [-0.05, 0) is 37.6 Å². The molecule has 2 aromatic heterocycles. The van der Waals surface area contributed by atoms with E-state index >= 15 is 0 Å². The van der Waals surface area contributed by atoms with Crippen LogP contribution in [-0.4, -0.2) is 29.2 Å². The Morgan fingerprint density at radius 1 is 1.24 bits per heavy atom. The van der Waals surface area contributed by atoms with E-state index in [1.165, 1.54) is 11.3 Å². The van der Waals surface area contributed by atoms with Crippen molar-refractivity contribution in [2.24, 2.45) is 0 Å². The second-order valence-electron chi connectivity index (χ2n) is 4.95. The third-order valence-electron chi connectivity index (χ3n) is 3.34. The maximum atomic E-state index is 12.2. The molecular formula is C17H16ClN3O3S. The molecule has 0 spiro atoms. The first-order chi connectivity index (χ1) is 12.1. The van der Waals surface area contributed by atoms with Crippen LogP contribution in [-0.2, 0) is 4.74 Å². The van der Waals surface area contributed by atoms with E-state index in [-0.39, 0.29) is 5.28 Å². The molecule has 3 aromatic rings. The van der Waals surface area contributed by atoms with Gasteiger partial charge in [-0.1, -0.05) is 12.1 Å². The Hall–Kier alpha value is -2.38. The van der Waals surface area contributed by atoms with E-state index in [4.69, 9.17) is 21.1 Å². The highest BCUT2D eigenvalue weighted by Crippen LogP contribution is 2.35. The van der Waals surface area contributed by atoms with Crippen LogP contribution in [0.2, 0.25) is 5.28 Å². The van der Waals surface area contributed by atoms with Crippen molar-refractivity contribution in [3.05, 3.63) is 40.5 Å². The first-order valence-corrected chi connectivity index (χ1v) is 9.00. The van der Waals surface area contributed by atoms with Crippen molar-refractivity contribution in [2.75, 3.05) is 18.5 Å². The second-order valence-corrected chi connectivity index (χ2v) is 6.14. The number of esters is 1. The number of halogens is 1. The highest BCUT2D eigenvalue weighted by molar-refractivity contribution is 7.17. The minimum atomic E-state index is -0.416. The fourth-order valence-corrected chi connectivity index (χ4v) is 3.47. The van der Waals surface area contributed by atoms with Crippen molar-refractivity contribution in [3.63, 3.8) is 0 Å². The van der Waals surface area contributed by atoms with Crippen molar-refractivity contribution >= 4 is 50.6 Å². The fraction of sp³-hybridized carbons (Fsp3) is 0.235. The summed E-state index contributed by atoms with van der Waals surface area (Å²) >= 11 is 7.35. The molecule has 0 radical (unpaired) electrons. The Labute approximate surface area is 153 Å². The van der Waals surface area contributed by atoms with Gasteiger partial charge in [-0.15, -0.1) is 11.3 Å². The lowest BCUT2D eigenvalue weighted by Crippen LogP contribution is -2.06. The van der Waals surface area contributed by atoms with Crippen LogP contribution in [0.5, 0.6) is 5.75 Å². The van der Waals surface area contributed by atoms with Crippen molar-refractivity contribution < 1.29 is 14.3 Å². The van der Waals surface area contributed by atoms with Crippen molar-refractivity contribution in [1.29, 1.82) is 0 Å². The molecule has 0 amide bonds. The summed E-state index contributed by atoms with van der Waals surface area (Å²) in [6.07, 6.45) is 0. The molecule has 130 valence electrons. The maximum absolute atomic E-state index is 12.2. The average Bonchev–Trinajstić information content (AvgIpc) is 3.01. The molecule has 0 saturated heterocycles. The lowest BCUT2D eigenvalue weighted by Gasteiger charge is -2.13. The number of anilines is 2. The summed E-state index contributed by atoms with van der Waals surface area (Å²) in [5.41, 5.74) is 1.14. The smallest absolute Gasteiger partial charge is 0.339 e. The number of aromatic nitrogens is 2. The minimum absolute atomic E-state index is 0.0983. The molecule has 0 atom stereocenters. The minimum Gasteiger partial charge on any atom is -0.492 e. The summed E-state index contributed by atoms with van der Waals surface area (Å²) in [7, 11) is 0. The largest absolute Gasteiger partial charge is 0.492 e. The number of benzene rings is 1. The Morgan fingerprint density at radius 2 is 2.04 bits per heavy atom. The molecule has 1 aromatic carbocycles. The van der Waals surface area contributed by atoms with E-state index in [0.29, 0.717) is 40.6 Å². The zero-order valence-corrected chi connectivity index (χ0v) is 15.3. The summed E-state index contributed by atoms with van der Waals surface area (Å²) in [4.78, 5) is 21.3. The Balaban J connectivity index is 2.09.